The number of aromatic nitrogens is 1. The first-order valence-electron chi connectivity index (χ1n) is 10.0. The fourth-order valence-corrected chi connectivity index (χ4v) is 3.55. The zero-order chi connectivity index (χ0) is 21.8. The maximum Gasteiger partial charge on any atom is 0.344 e. The Morgan fingerprint density at radius 1 is 0.935 bits per heavy atom. The van der Waals surface area contributed by atoms with Crippen LogP contribution in [-0.2, 0) is 16.1 Å². The summed E-state index contributed by atoms with van der Waals surface area (Å²) in [6, 6.07) is 19.0. The molecule has 0 fully saturated rings. The van der Waals surface area contributed by atoms with Crippen molar-refractivity contribution in [3.8, 4) is 5.75 Å². The number of ketones is 1. The third kappa shape index (κ3) is 4.69. The van der Waals surface area contributed by atoms with Crippen molar-refractivity contribution in [2.24, 2.45) is 0 Å². The summed E-state index contributed by atoms with van der Waals surface area (Å²) in [5, 5.41) is 2.11. The van der Waals surface area contributed by atoms with Crippen LogP contribution in [0.2, 0.25) is 0 Å². The van der Waals surface area contributed by atoms with Crippen LogP contribution in [0, 0.1) is 13.8 Å². The highest BCUT2D eigenvalue weighted by Gasteiger charge is 2.18. The van der Waals surface area contributed by atoms with E-state index in [1.807, 2.05) is 66.9 Å². The van der Waals surface area contributed by atoms with Crippen molar-refractivity contribution in [2.75, 3.05) is 13.2 Å². The van der Waals surface area contributed by atoms with Crippen molar-refractivity contribution < 1.29 is 23.5 Å². The van der Waals surface area contributed by atoms with Crippen LogP contribution in [0.1, 0.15) is 27.5 Å². The first kappa shape index (κ1) is 20.5. The minimum Gasteiger partial charge on any atom is -0.482 e. The van der Waals surface area contributed by atoms with E-state index in [2.05, 4.69) is 0 Å². The molecule has 0 bridgehead atoms. The van der Waals surface area contributed by atoms with E-state index < -0.39 is 5.97 Å². The summed E-state index contributed by atoms with van der Waals surface area (Å²) in [6.45, 7) is 3.75. The molecule has 0 spiro atoms. The molecule has 2 aromatic heterocycles. The Hall–Kier alpha value is -3.80. The van der Waals surface area contributed by atoms with E-state index in [9.17, 15) is 9.59 Å². The van der Waals surface area contributed by atoms with Gasteiger partial charge in [0, 0.05) is 17.0 Å². The van der Waals surface area contributed by atoms with Gasteiger partial charge in [-0.25, -0.2) is 4.79 Å². The van der Waals surface area contributed by atoms with Crippen molar-refractivity contribution in [3.05, 3.63) is 89.6 Å². The van der Waals surface area contributed by atoms with Gasteiger partial charge in [-0.1, -0.05) is 30.3 Å². The first-order valence-corrected chi connectivity index (χ1v) is 10.0. The fourth-order valence-electron chi connectivity index (χ4n) is 3.55. The summed E-state index contributed by atoms with van der Waals surface area (Å²) >= 11 is 0. The Kier molecular flexibility index (Phi) is 5.89. The van der Waals surface area contributed by atoms with E-state index in [4.69, 9.17) is 13.9 Å². The van der Waals surface area contributed by atoms with Crippen LogP contribution < -0.4 is 4.74 Å². The molecule has 0 saturated carbocycles. The number of carbonyl (C=O) groups is 2. The molecule has 2 aromatic carbocycles. The molecule has 0 amide bonds. The summed E-state index contributed by atoms with van der Waals surface area (Å²) in [5.41, 5.74) is 2.28. The number of carbonyl (C=O) groups excluding carboxylic acids is 2. The molecule has 0 unspecified atom stereocenters. The number of aryl methyl sites for hydroxylation is 1. The number of rotatable bonds is 8. The Morgan fingerprint density at radius 3 is 2.52 bits per heavy atom. The van der Waals surface area contributed by atoms with E-state index >= 15 is 0 Å². The Bertz CT molecular complexity index is 1220. The quantitative estimate of drug-likeness (QED) is 0.307. The lowest BCUT2D eigenvalue weighted by atomic mass is 10.1. The second-order valence-electron chi connectivity index (χ2n) is 7.33. The maximum absolute atomic E-state index is 12.6. The van der Waals surface area contributed by atoms with Crippen molar-refractivity contribution in [2.45, 2.75) is 20.4 Å². The Labute approximate surface area is 180 Å². The lowest BCUT2D eigenvalue weighted by molar-refractivity contribution is -0.144. The molecule has 0 radical (unpaired) electrons. The van der Waals surface area contributed by atoms with E-state index in [0.717, 1.165) is 27.9 Å². The molecule has 0 aliphatic carbocycles. The van der Waals surface area contributed by atoms with Gasteiger partial charge in [-0.3, -0.25) is 4.79 Å². The van der Waals surface area contributed by atoms with Crippen molar-refractivity contribution >= 4 is 22.5 Å². The van der Waals surface area contributed by atoms with E-state index in [0.29, 0.717) is 17.9 Å². The third-order valence-corrected chi connectivity index (χ3v) is 5.21. The number of furan rings is 1. The molecule has 0 N–H and O–H groups in total. The predicted octanol–water partition coefficient (Wildman–Crippen LogP) is 4.70. The number of nitrogens with zero attached hydrogens (tertiary/aromatic N) is 1. The molecule has 4 rings (SSSR count). The molecule has 4 aromatic rings. The van der Waals surface area contributed by atoms with Gasteiger partial charge < -0.3 is 18.5 Å². The maximum atomic E-state index is 12.6. The van der Waals surface area contributed by atoms with Gasteiger partial charge in [-0.05, 0) is 55.0 Å². The standard InChI is InChI=1S/C25H23NO5/c1-17-12-23(18(2)26(17)14-22-8-5-11-29-22)24(27)15-31-25(28)16-30-21-10-9-19-6-3-4-7-20(19)13-21/h3-13H,14-16H2,1-2H3. The van der Waals surface area contributed by atoms with Gasteiger partial charge in [0.15, 0.2) is 13.2 Å². The van der Waals surface area contributed by atoms with Crippen molar-refractivity contribution in [1.82, 2.24) is 4.57 Å². The number of fused-ring (bicyclic) bond motifs is 1. The lowest BCUT2D eigenvalue weighted by Crippen LogP contribution is -2.20. The zero-order valence-corrected chi connectivity index (χ0v) is 17.5. The summed E-state index contributed by atoms with van der Waals surface area (Å²) in [7, 11) is 0. The fraction of sp³-hybridized carbons (Fsp3) is 0.200. The Morgan fingerprint density at radius 2 is 1.74 bits per heavy atom. The van der Waals surface area contributed by atoms with Crippen LogP contribution in [0.4, 0.5) is 0 Å². The number of ether oxygens (including phenoxy) is 2. The van der Waals surface area contributed by atoms with E-state index in [1.54, 1.807) is 18.4 Å². The minimum atomic E-state index is -0.592. The summed E-state index contributed by atoms with van der Waals surface area (Å²) in [6.07, 6.45) is 1.62. The van der Waals surface area contributed by atoms with E-state index in [-0.39, 0.29) is 19.0 Å². The second kappa shape index (κ2) is 8.92. The van der Waals surface area contributed by atoms with Crippen molar-refractivity contribution in [1.29, 1.82) is 0 Å². The first-order chi connectivity index (χ1) is 15.0. The smallest absolute Gasteiger partial charge is 0.344 e. The molecule has 31 heavy (non-hydrogen) atoms. The summed E-state index contributed by atoms with van der Waals surface area (Å²) in [4.78, 5) is 24.7. The highest BCUT2D eigenvalue weighted by atomic mass is 16.6. The third-order valence-electron chi connectivity index (χ3n) is 5.21. The van der Waals surface area contributed by atoms with Crippen LogP contribution in [0.3, 0.4) is 0 Å². The molecule has 158 valence electrons. The largest absolute Gasteiger partial charge is 0.482 e. The minimum absolute atomic E-state index is 0.252. The van der Waals surface area contributed by atoms with Gasteiger partial charge in [0.05, 0.1) is 12.8 Å². The number of Topliss-reactive ketones (excluding diaryl/α,β-unsaturated/α-hetero) is 1. The van der Waals surface area contributed by atoms with Crippen LogP contribution in [-0.4, -0.2) is 29.5 Å². The average Bonchev–Trinajstić information content (AvgIpc) is 3.39. The van der Waals surface area contributed by atoms with Gasteiger partial charge >= 0.3 is 5.97 Å². The normalized spacial score (nSPS) is 10.9. The van der Waals surface area contributed by atoms with Crippen LogP contribution in [0.25, 0.3) is 10.8 Å². The summed E-state index contributed by atoms with van der Waals surface area (Å²) < 4.78 is 18.0. The SMILES string of the molecule is Cc1cc(C(=O)COC(=O)COc2ccc3ccccc3c2)c(C)n1Cc1ccco1. The molecule has 6 heteroatoms. The molecular formula is C25H23NO5. The molecule has 0 saturated heterocycles. The highest BCUT2D eigenvalue weighted by Crippen LogP contribution is 2.21. The molecule has 2 heterocycles. The molecular weight excluding hydrogens is 394 g/mol. The summed E-state index contributed by atoms with van der Waals surface area (Å²) in [5.74, 6) is 0.533. The monoisotopic (exact) mass is 417 g/mol. The number of hydrogen-bond donors (Lipinski definition) is 0. The van der Waals surface area contributed by atoms with Gasteiger partial charge in [-0.15, -0.1) is 0 Å². The van der Waals surface area contributed by atoms with Crippen LogP contribution in [0.5, 0.6) is 5.75 Å². The number of esters is 1. The molecule has 0 atom stereocenters. The molecule has 6 nitrogen and oxygen atoms in total. The van der Waals surface area contributed by atoms with Crippen molar-refractivity contribution in [3.63, 3.8) is 0 Å². The second-order valence-corrected chi connectivity index (χ2v) is 7.33. The van der Waals surface area contributed by atoms with Gasteiger partial charge in [0.1, 0.15) is 11.5 Å². The number of hydrogen-bond acceptors (Lipinski definition) is 5. The topological polar surface area (TPSA) is 70.7 Å². The predicted molar refractivity (Wildman–Crippen MR) is 116 cm³/mol. The van der Waals surface area contributed by atoms with Crippen LogP contribution in [0.15, 0.2) is 71.3 Å². The van der Waals surface area contributed by atoms with Gasteiger partial charge in [0.25, 0.3) is 0 Å². The highest BCUT2D eigenvalue weighted by molar-refractivity contribution is 5.99. The Balaban J connectivity index is 1.32. The lowest BCUT2D eigenvalue weighted by Gasteiger charge is -2.09. The van der Waals surface area contributed by atoms with Crippen LogP contribution >= 0.6 is 0 Å². The van der Waals surface area contributed by atoms with Gasteiger partial charge in [0.2, 0.25) is 5.78 Å². The number of benzene rings is 2. The average molecular weight is 417 g/mol. The van der Waals surface area contributed by atoms with E-state index in [1.165, 1.54) is 0 Å². The van der Waals surface area contributed by atoms with Gasteiger partial charge in [-0.2, -0.15) is 0 Å². The molecule has 0 aliphatic rings. The zero-order valence-electron chi connectivity index (χ0n) is 17.5. The molecule has 0 aliphatic heterocycles.